The minimum absolute atomic E-state index is 0.271. The molecule has 4 rings (SSSR count). The SMILES string of the molecule is O=C(CCn1ccc2ccccc21)N1CCN(Cc2ccsc2)CC1. The molecule has 130 valence electrons. The second kappa shape index (κ2) is 7.42. The van der Waals surface area contributed by atoms with Gasteiger partial charge in [-0.2, -0.15) is 11.3 Å². The number of fused-ring (bicyclic) bond motifs is 1. The number of nitrogens with zero attached hydrogens (tertiary/aromatic N) is 3. The van der Waals surface area contributed by atoms with Crippen molar-refractivity contribution in [1.82, 2.24) is 14.4 Å². The van der Waals surface area contributed by atoms with Gasteiger partial charge in [0.05, 0.1) is 0 Å². The van der Waals surface area contributed by atoms with Gasteiger partial charge >= 0.3 is 0 Å². The summed E-state index contributed by atoms with van der Waals surface area (Å²) >= 11 is 1.75. The molecule has 1 aromatic carbocycles. The minimum atomic E-state index is 0.271. The first-order valence-electron chi connectivity index (χ1n) is 8.85. The molecule has 3 heterocycles. The molecule has 1 saturated heterocycles. The van der Waals surface area contributed by atoms with Crippen LogP contribution in [0.25, 0.3) is 10.9 Å². The average molecular weight is 353 g/mol. The Morgan fingerprint density at radius 3 is 2.68 bits per heavy atom. The molecule has 1 fully saturated rings. The second-order valence-corrected chi connectivity index (χ2v) is 7.39. The summed E-state index contributed by atoms with van der Waals surface area (Å²) in [7, 11) is 0. The lowest BCUT2D eigenvalue weighted by Crippen LogP contribution is -2.48. The van der Waals surface area contributed by atoms with E-state index < -0.39 is 0 Å². The highest BCUT2D eigenvalue weighted by atomic mass is 32.1. The fourth-order valence-electron chi connectivity index (χ4n) is 3.51. The van der Waals surface area contributed by atoms with E-state index in [1.807, 2.05) is 17.0 Å². The van der Waals surface area contributed by atoms with Crippen molar-refractivity contribution in [1.29, 1.82) is 0 Å². The summed E-state index contributed by atoms with van der Waals surface area (Å²) in [5.41, 5.74) is 2.58. The summed E-state index contributed by atoms with van der Waals surface area (Å²) in [6.45, 7) is 5.37. The molecular formula is C20H23N3OS. The van der Waals surface area contributed by atoms with Gasteiger partial charge in [-0.05, 0) is 39.9 Å². The first-order chi connectivity index (χ1) is 12.3. The molecule has 0 bridgehead atoms. The molecule has 25 heavy (non-hydrogen) atoms. The lowest BCUT2D eigenvalue weighted by molar-refractivity contribution is -0.133. The van der Waals surface area contributed by atoms with Crippen LogP contribution in [0.3, 0.4) is 0 Å². The second-order valence-electron chi connectivity index (χ2n) is 6.61. The molecule has 0 aliphatic carbocycles. The van der Waals surface area contributed by atoms with Gasteiger partial charge in [0.15, 0.2) is 0 Å². The zero-order valence-electron chi connectivity index (χ0n) is 14.3. The Morgan fingerprint density at radius 2 is 1.88 bits per heavy atom. The van der Waals surface area contributed by atoms with Crippen LogP contribution in [-0.2, 0) is 17.9 Å². The molecule has 4 nitrogen and oxygen atoms in total. The van der Waals surface area contributed by atoms with E-state index in [-0.39, 0.29) is 5.91 Å². The van der Waals surface area contributed by atoms with E-state index in [4.69, 9.17) is 0 Å². The van der Waals surface area contributed by atoms with E-state index in [9.17, 15) is 4.79 Å². The zero-order valence-corrected chi connectivity index (χ0v) is 15.1. The summed E-state index contributed by atoms with van der Waals surface area (Å²) in [5.74, 6) is 0.271. The highest BCUT2D eigenvalue weighted by molar-refractivity contribution is 7.07. The van der Waals surface area contributed by atoms with Crippen LogP contribution in [0.2, 0.25) is 0 Å². The maximum atomic E-state index is 12.5. The van der Waals surface area contributed by atoms with Gasteiger partial charge in [-0.1, -0.05) is 18.2 Å². The summed E-state index contributed by atoms with van der Waals surface area (Å²) in [6.07, 6.45) is 2.65. The number of aryl methyl sites for hydroxylation is 1. The third kappa shape index (κ3) is 3.78. The Balaban J connectivity index is 1.28. The highest BCUT2D eigenvalue weighted by Crippen LogP contribution is 2.16. The van der Waals surface area contributed by atoms with E-state index in [1.165, 1.54) is 16.5 Å². The van der Waals surface area contributed by atoms with Gasteiger partial charge in [-0.3, -0.25) is 9.69 Å². The number of para-hydroxylation sites is 1. The van der Waals surface area contributed by atoms with Crippen LogP contribution in [0.5, 0.6) is 0 Å². The maximum absolute atomic E-state index is 12.5. The third-order valence-corrected chi connectivity index (χ3v) is 5.69. The predicted molar refractivity (Wildman–Crippen MR) is 103 cm³/mol. The molecule has 1 amide bonds. The topological polar surface area (TPSA) is 28.5 Å². The number of thiophene rings is 1. The van der Waals surface area contributed by atoms with Crippen LogP contribution in [0, 0.1) is 0 Å². The number of piperazine rings is 1. The number of carbonyl (C=O) groups excluding carboxylic acids is 1. The van der Waals surface area contributed by atoms with Crippen LogP contribution in [0.1, 0.15) is 12.0 Å². The number of carbonyl (C=O) groups is 1. The monoisotopic (exact) mass is 353 g/mol. The van der Waals surface area contributed by atoms with Gasteiger partial charge in [0.1, 0.15) is 0 Å². The fraction of sp³-hybridized carbons (Fsp3) is 0.350. The molecule has 5 heteroatoms. The third-order valence-electron chi connectivity index (χ3n) is 4.96. The molecule has 0 unspecified atom stereocenters. The molecule has 0 spiro atoms. The van der Waals surface area contributed by atoms with Crippen molar-refractivity contribution in [2.45, 2.75) is 19.5 Å². The fourth-order valence-corrected chi connectivity index (χ4v) is 4.17. The van der Waals surface area contributed by atoms with Crippen molar-refractivity contribution >= 4 is 28.1 Å². The lowest BCUT2D eigenvalue weighted by atomic mass is 10.2. The smallest absolute Gasteiger partial charge is 0.224 e. The standard InChI is InChI=1S/C20H23N3OS/c24-20(6-9-22-8-5-18-3-1-2-4-19(18)22)23-12-10-21(11-13-23)15-17-7-14-25-16-17/h1-5,7-8,14,16H,6,9-13,15H2. The molecule has 2 aromatic heterocycles. The van der Waals surface area contributed by atoms with Gasteiger partial charge in [0.2, 0.25) is 5.91 Å². The van der Waals surface area contributed by atoms with E-state index >= 15 is 0 Å². The normalized spacial score (nSPS) is 15.8. The molecule has 1 aliphatic heterocycles. The summed E-state index contributed by atoms with van der Waals surface area (Å²) in [4.78, 5) is 17.0. The van der Waals surface area contributed by atoms with E-state index in [1.54, 1.807) is 11.3 Å². The number of aromatic nitrogens is 1. The molecule has 1 aliphatic rings. The molecular weight excluding hydrogens is 330 g/mol. The predicted octanol–water partition coefficient (Wildman–Crippen LogP) is 3.44. The Labute approximate surface area is 152 Å². The number of rotatable bonds is 5. The number of hydrogen-bond acceptors (Lipinski definition) is 3. The molecule has 0 atom stereocenters. The Bertz CT molecular complexity index is 832. The van der Waals surface area contributed by atoms with E-state index in [0.29, 0.717) is 6.42 Å². The first kappa shape index (κ1) is 16.4. The summed E-state index contributed by atoms with van der Waals surface area (Å²) in [5, 5.41) is 5.57. The van der Waals surface area contributed by atoms with Crippen molar-refractivity contribution in [2.75, 3.05) is 26.2 Å². The van der Waals surface area contributed by atoms with Crippen LogP contribution in [0.15, 0.2) is 53.4 Å². The highest BCUT2D eigenvalue weighted by Gasteiger charge is 2.21. The van der Waals surface area contributed by atoms with Gasteiger partial charge in [-0.25, -0.2) is 0 Å². The number of amides is 1. The minimum Gasteiger partial charge on any atom is -0.347 e. The summed E-state index contributed by atoms with van der Waals surface area (Å²) < 4.78 is 2.18. The van der Waals surface area contributed by atoms with Gasteiger partial charge < -0.3 is 9.47 Å². The van der Waals surface area contributed by atoms with Crippen molar-refractivity contribution in [3.05, 3.63) is 58.9 Å². The van der Waals surface area contributed by atoms with Crippen LogP contribution < -0.4 is 0 Å². The van der Waals surface area contributed by atoms with Crippen LogP contribution in [-0.4, -0.2) is 46.5 Å². The quantitative estimate of drug-likeness (QED) is 0.703. The van der Waals surface area contributed by atoms with E-state index in [0.717, 1.165) is 39.3 Å². The van der Waals surface area contributed by atoms with Gasteiger partial charge in [-0.15, -0.1) is 0 Å². The maximum Gasteiger partial charge on any atom is 0.224 e. The molecule has 0 saturated carbocycles. The number of hydrogen-bond donors (Lipinski definition) is 0. The summed E-state index contributed by atoms with van der Waals surface area (Å²) in [6, 6.07) is 12.6. The van der Waals surface area contributed by atoms with E-state index in [2.05, 4.69) is 50.7 Å². The van der Waals surface area contributed by atoms with Crippen molar-refractivity contribution in [3.8, 4) is 0 Å². The molecule has 3 aromatic rings. The Kier molecular flexibility index (Phi) is 4.85. The first-order valence-corrected chi connectivity index (χ1v) is 9.79. The van der Waals surface area contributed by atoms with Crippen LogP contribution >= 0.6 is 11.3 Å². The Morgan fingerprint density at radius 1 is 1.04 bits per heavy atom. The lowest BCUT2D eigenvalue weighted by Gasteiger charge is -2.34. The van der Waals surface area contributed by atoms with Crippen molar-refractivity contribution in [2.24, 2.45) is 0 Å². The van der Waals surface area contributed by atoms with Gasteiger partial charge in [0.25, 0.3) is 0 Å². The van der Waals surface area contributed by atoms with Crippen LogP contribution in [0.4, 0.5) is 0 Å². The average Bonchev–Trinajstić information content (AvgIpc) is 3.30. The van der Waals surface area contributed by atoms with Crippen molar-refractivity contribution in [3.63, 3.8) is 0 Å². The van der Waals surface area contributed by atoms with Crippen molar-refractivity contribution < 1.29 is 4.79 Å². The number of benzene rings is 1. The molecule has 0 radical (unpaired) electrons. The zero-order chi connectivity index (χ0) is 17.1. The molecule has 0 N–H and O–H groups in total. The largest absolute Gasteiger partial charge is 0.347 e. The van der Waals surface area contributed by atoms with Gasteiger partial charge in [0, 0.05) is 57.4 Å². The Hall–Kier alpha value is -2.11.